The van der Waals surface area contributed by atoms with E-state index in [1.54, 1.807) is 0 Å². The molecule has 0 spiro atoms. The molecule has 130 valence electrons. The molecule has 0 bridgehead atoms. The van der Waals surface area contributed by atoms with Crippen molar-refractivity contribution < 1.29 is 9.53 Å². The molecule has 0 radical (unpaired) electrons. The Kier molecular flexibility index (Phi) is 9.03. The Hall–Kier alpha value is -1.26. The summed E-state index contributed by atoms with van der Waals surface area (Å²) in [5, 5.41) is 3.20. The lowest BCUT2D eigenvalue weighted by Gasteiger charge is -2.32. The van der Waals surface area contributed by atoms with Crippen LogP contribution in [0.5, 0.6) is 5.75 Å². The lowest BCUT2D eigenvalue weighted by atomic mass is 9.93. The molecule has 1 amide bonds. The number of hydrogen-bond acceptors (Lipinski definition) is 3. The van der Waals surface area contributed by atoms with Gasteiger partial charge in [0.25, 0.3) is 5.91 Å². The number of para-hydroxylation sites is 1. The van der Waals surface area contributed by atoms with E-state index in [2.05, 4.69) is 12.2 Å². The van der Waals surface area contributed by atoms with E-state index < -0.39 is 0 Å². The second kappa shape index (κ2) is 10.5. The minimum Gasteiger partial charge on any atom is -0.483 e. The third-order valence-corrected chi connectivity index (χ3v) is 4.47. The van der Waals surface area contributed by atoms with Gasteiger partial charge in [0.2, 0.25) is 0 Å². The van der Waals surface area contributed by atoms with Gasteiger partial charge in [-0.25, -0.2) is 0 Å². The Morgan fingerprint density at radius 1 is 1.30 bits per heavy atom. The number of piperidine rings is 1. The zero-order chi connectivity index (χ0) is 15.8. The van der Waals surface area contributed by atoms with E-state index in [4.69, 9.17) is 4.74 Å². The standard InChI is InChI=1S/C18H28N2O2.ClH/c1-3-16-6-4-5-7-17(16)22-14-18(21)20-12-9-15(10-13-20)8-11-19-2;/h4-7,15,19H,3,8-14H2,1-2H3;1H. The number of aryl methyl sites for hydroxylation is 1. The maximum atomic E-state index is 12.3. The van der Waals surface area contributed by atoms with Gasteiger partial charge in [0.15, 0.2) is 6.61 Å². The third-order valence-electron chi connectivity index (χ3n) is 4.47. The number of carbonyl (C=O) groups excluding carboxylic acids is 1. The molecule has 0 aromatic heterocycles. The maximum Gasteiger partial charge on any atom is 0.260 e. The van der Waals surface area contributed by atoms with Crippen molar-refractivity contribution in [2.75, 3.05) is 33.3 Å². The van der Waals surface area contributed by atoms with Gasteiger partial charge >= 0.3 is 0 Å². The van der Waals surface area contributed by atoms with Crippen LogP contribution in [0.2, 0.25) is 0 Å². The zero-order valence-electron chi connectivity index (χ0n) is 14.2. The lowest BCUT2D eigenvalue weighted by molar-refractivity contribution is -0.134. The van der Waals surface area contributed by atoms with Crippen molar-refractivity contribution in [3.05, 3.63) is 29.8 Å². The summed E-state index contributed by atoms with van der Waals surface area (Å²) in [4.78, 5) is 14.2. The van der Waals surface area contributed by atoms with Gasteiger partial charge in [-0.05, 0) is 56.8 Å². The summed E-state index contributed by atoms with van der Waals surface area (Å²) < 4.78 is 5.73. The van der Waals surface area contributed by atoms with E-state index in [9.17, 15) is 4.79 Å². The van der Waals surface area contributed by atoms with E-state index in [0.717, 1.165) is 56.1 Å². The van der Waals surface area contributed by atoms with Gasteiger partial charge in [-0.1, -0.05) is 25.1 Å². The highest BCUT2D eigenvalue weighted by molar-refractivity contribution is 5.85. The van der Waals surface area contributed by atoms with E-state index in [0.29, 0.717) is 0 Å². The molecule has 0 saturated carbocycles. The quantitative estimate of drug-likeness (QED) is 0.829. The van der Waals surface area contributed by atoms with E-state index >= 15 is 0 Å². The Labute approximate surface area is 146 Å². The number of ether oxygens (including phenoxy) is 1. The number of nitrogens with zero attached hydrogens (tertiary/aromatic N) is 1. The van der Waals surface area contributed by atoms with Crippen molar-refractivity contribution in [2.24, 2.45) is 5.92 Å². The van der Waals surface area contributed by atoms with Crippen LogP contribution in [0.3, 0.4) is 0 Å². The summed E-state index contributed by atoms with van der Waals surface area (Å²) >= 11 is 0. The molecule has 0 unspecified atom stereocenters. The smallest absolute Gasteiger partial charge is 0.260 e. The highest BCUT2D eigenvalue weighted by Crippen LogP contribution is 2.21. The molecular formula is C18H29ClN2O2. The summed E-state index contributed by atoms with van der Waals surface area (Å²) in [7, 11) is 1.99. The van der Waals surface area contributed by atoms with E-state index in [1.807, 2.05) is 36.2 Å². The number of nitrogens with one attached hydrogen (secondary N) is 1. The number of carbonyl (C=O) groups is 1. The maximum absolute atomic E-state index is 12.3. The minimum atomic E-state index is 0. The highest BCUT2D eigenvalue weighted by atomic mass is 35.5. The third kappa shape index (κ3) is 6.04. The van der Waals surface area contributed by atoms with Crippen LogP contribution in [-0.2, 0) is 11.2 Å². The molecule has 5 heteroatoms. The highest BCUT2D eigenvalue weighted by Gasteiger charge is 2.22. The number of rotatable bonds is 7. The van der Waals surface area contributed by atoms with Gasteiger partial charge in [0.1, 0.15) is 5.75 Å². The molecule has 0 atom stereocenters. The van der Waals surface area contributed by atoms with Crippen molar-refractivity contribution in [2.45, 2.75) is 32.6 Å². The minimum absolute atomic E-state index is 0. The van der Waals surface area contributed by atoms with Crippen LogP contribution in [0.15, 0.2) is 24.3 Å². The predicted molar refractivity (Wildman–Crippen MR) is 96.4 cm³/mol. The first kappa shape index (κ1) is 19.8. The normalized spacial score (nSPS) is 15.1. The predicted octanol–water partition coefficient (Wildman–Crippen LogP) is 2.90. The van der Waals surface area contributed by atoms with Gasteiger partial charge in [0, 0.05) is 13.1 Å². The second-order valence-corrected chi connectivity index (χ2v) is 5.97. The fraction of sp³-hybridized carbons (Fsp3) is 0.611. The van der Waals surface area contributed by atoms with Gasteiger partial charge in [-0.15, -0.1) is 12.4 Å². The molecule has 1 aliphatic heterocycles. The Morgan fingerprint density at radius 2 is 2.00 bits per heavy atom. The molecule has 0 aliphatic carbocycles. The van der Waals surface area contributed by atoms with Crippen molar-refractivity contribution in [3.8, 4) is 5.75 Å². The van der Waals surface area contributed by atoms with Crippen LogP contribution in [-0.4, -0.2) is 44.1 Å². The van der Waals surface area contributed by atoms with Crippen LogP contribution >= 0.6 is 12.4 Å². The SMILES string of the molecule is CCc1ccccc1OCC(=O)N1CCC(CCNC)CC1.Cl. The number of halogens is 1. The van der Waals surface area contributed by atoms with Crippen LogP contribution in [0, 0.1) is 5.92 Å². The molecule has 1 aromatic carbocycles. The molecule has 1 aromatic rings. The van der Waals surface area contributed by atoms with Gasteiger partial charge in [0.05, 0.1) is 0 Å². The molecule has 1 saturated heterocycles. The van der Waals surface area contributed by atoms with Crippen molar-refractivity contribution in [1.82, 2.24) is 10.2 Å². The van der Waals surface area contributed by atoms with Crippen LogP contribution < -0.4 is 10.1 Å². The van der Waals surface area contributed by atoms with Crippen molar-refractivity contribution in [1.29, 1.82) is 0 Å². The first-order chi connectivity index (χ1) is 10.7. The molecule has 2 rings (SSSR count). The first-order valence-corrected chi connectivity index (χ1v) is 8.37. The molecular weight excluding hydrogens is 312 g/mol. The van der Waals surface area contributed by atoms with Gasteiger partial charge in [-0.2, -0.15) is 0 Å². The van der Waals surface area contributed by atoms with E-state index in [-0.39, 0.29) is 24.9 Å². The summed E-state index contributed by atoms with van der Waals surface area (Å²) in [6.45, 7) is 5.05. The Balaban J connectivity index is 0.00000264. The van der Waals surface area contributed by atoms with Crippen molar-refractivity contribution in [3.63, 3.8) is 0 Å². The topological polar surface area (TPSA) is 41.6 Å². The largest absolute Gasteiger partial charge is 0.483 e. The Morgan fingerprint density at radius 3 is 2.65 bits per heavy atom. The Bertz CT molecular complexity index is 474. The fourth-order valence-electron chi connectivity index (χ4n) is 2.99. The number of benzene rings is 1. The monoisotopic (exact) mass is 340 g/mol. The molecule has 1 heterocycles. The molecule has 4 nitrogen and oxygen atoms in total. The van der Waals surface area contributed by atoms with Crippen LogP contribution in [0.1, 0.15) is 31.7 Å². The average molecular weight is 341 g/mol. The average Bonchev–Trinajstić information content (AvgIpc) is 2.58. The number of likely N-dealkylation sites (tertiary alicyclic amines) is 1. The lowest BCUT2D eigenvalue weighted by Crippen LogP contribution is -2.41. The molecule has 1 N–H and O–H groups in total. The molecule has 23 heavy (non-hydrogen) atoms. The summed E-state index contributed by atoms with van der Waals surface area (Å²) in [6, 6.07) is 7.94. The number of hydrogen-bond donors (Lipinski definition) is 1. The van der Waals surface area contributed by atoms with Crippen LogP contribution in [0.4, 0.5) is 0 Å². The summed E-state index contributed by atoms with van der Waals surface area (Å²) in [5.74, 6) is 1.69. The summed E-state index contributed by atoms with van der Waals surface area (Å²) in [6.07, 6.45) is 4.35. The summed E-state index contributed by atoms with van der Waals surface area (Å²) in [5.41, 5.74) is 1.15. The molecule has 1 fully saturated rings. The van der Waals surface area contributed by atoms with Crippen molar-refractivity contribution >= 4 is 18.3 Å². The van der Waals surface area contributed by atoms with Gasteiger partial charge < -0.3 is 15.0 Å². The zero-order valence-corrected chi connectivity index (χ0v) is 15.0. The first-order valence-electron chi connectivity index (χ1n) is 8.37. The number of amides is 1. The fourth-order valence-corrected chi connectivity index (χ4v) is 2.99. The van der Waals surface area contributed by atoms with Crippen LogP contribution in [0.25, 0.3) is 0 Å². The van der Waals surface area contributed by atoms with E-state index in [1.165, 1.54) is 6.42 Å². The molecule has 1 aliphatic rings. The second-order valence-electron chi connectivity index (χ2n) is 5.97. The van der Waals surface area contributed by atoms with Gasteiger partial charge in [-0.3, -0.25) is 4.79 Å².